The monoisotopic (exact) mass is 572 g/mol. The van der Waals surface area contributed by atoms with E-state index in [4.69, 9.17) is 9.72 Å². The molecule has 0 aromatic carbocycles. The van der Waals surface area contributed by atoms with Gasteiger partial charge in [0.05, 0.1) is 30.1 Å². The van der Waals surface area contributed by atoms with Gasteiger partial charge in [0.15, 0.2) is 0 Å². The minimum atomic E-state index is -1.02. The maximum absolute atomic E-state index is 10.3. The van der Waals surface area contributed by atoms with Crippen LogP contribution in [-0.2, 0) is 12.1 Å². The highest BCUT2D eigenvalue weighted by Gasteiger charge is 2.44. The number of aliphatic hydroxyl groups is 1. The van der Waals surface area contributed by atoms with E-state index in [1.54, 1.807) is 37.9 Å². The molecule has 8 heterocycles. The Morgan fingerprint density at radius 2 is 1.74 bits per heavy atom. The van der Waals surface area contributed by atoms with Gasteiger partial charge < -0.3 is 14.7 Å². The minimum Gasteiger partial charge on any atom is -0.481 e. The van der Waals surface area contributed by atoms with Crippen LogP contribution in [0.3, 0.4) is 0 Å². The van der Waals surface area contributed by atoms with Gasteiger partial charge in [-0.25, -0.2) is 14.5 Å². The van der Waals surface area contributed by atoms with Crippen molar-refractivity contribution in [1.29, 1.82) is 5.26 Å². The lowest BCUT2D eigenvalue weighted by Crippen LogP contribution is -2.68. The zero-order valence-corrected chi connectivity index (χ0v) is 24.3. The van der Waals surface area contributed by atoms with Crippen LogP contribution in [0.4, 0.5) is 5.82 Å². The van der Waals surface area contributed by atoms with E-state index in [9.17, 15) is 10.4 Å². The number of methoxy groups -OCH3 is 1. The van der Waals surface area contributed by atoms with Crippen molar-refractivity contribution < 1.29 is 9.84 Å². The molecule has 3 saturated heterocycles. The summed E-state index contributed by atoms with van der Waals surface area (Å²) in [5.41, 5.74) is 5.58. The molecule has 5 aromatic heterocycles. The number of rotatable bonds is 7. The van der Waals surface area contributed by atoms with Crippen LogP contribution in [0.25, 0.3) is 27.8 Å². The van der Waals surface area contributed by atoms with Gasteiger partial charge in [-0.3, -0.25) is 9.88 Å². The fourth-order valence-electron chi connectivity index (χ4n) is 6.21. The lowest BCUT2D eigenvalue weighted by atomic mass is 9.87. The van der Waals surface area contributed by atoms with Crippen molar-refractivity contribution in [2.24, 2.45) is 0 Å². The maximum Gasteiger partial charge on any atom is 0.212 e. The molecule has 3 fully saturated rings. The Kier molecular flexibility index (Phi) is 6.57. The van der Waals surface area contributed by atoms with E-state index in [2.05, 4.69) is 55.2 Å². The quantitative estimate of drug-likeness (QED) is 0.302. The molecule has 1 N–H and O–H groups in total. The van der Waals surface area contributed by atoms with Gasteiger partial charge in [-0.15, -0.1) is 0 Å². The molecule has 8 rings (SSSR count). The van der Waals surface area contributed by atoms with Gasteiger partial charge in [0.2, 0.25) is 5.88 Å². The highest BCUT2D eigenvalue weighted by molar-refractivity contribution is 5.87. The first-order chi connectivity index (χ1) is 20.8. The van der Waals surface area contributed by atoms with Crippen LogP contribution < -0.4 is 9.64 Å². The first-order valence-corrected chi connectivity index (χ1v) is 14.4. The number of nitriles is 1. The summed E-state index contributed by atoms with van der Waals surface area (Å²) in [5.74, 6) is 1.59. The third-order valence-corrected chi connectivity index (χ3v) is 8.56. The lowest BCUT2D eigenvalue weighted by Gasteiger charge is -2.56. The molecule has 3 aliphatic rings. The van der Waals surface area contributed by atoms with Crippen molar-refractivity contribution in [3.05, 3.63) is 90.3 Å². The molecule has 0 radical (unpaired) electrons. The average Bonchev–Trinajstić information content (AvgIpc) is 3.46. The zero-order chi connectivity index (χ0) is 29.7. The van der Waals surface area contributed by atoms with Gasteiger partial charge in [0.25, 0.3) is 0 Å². The van der Waals surface area contributed by atoms with Crippen LogP contribution in [-0.4, -0.2) is 66.9 Å². The topological polar surface area (TPSA) is 116 Å². The van der Waals surface area contributed by atoms with Gasteiger partial charge in [-0.1, -0.05) is 12.1 Å². The van der Waals surface area contributed by atoms with E-state index in [0.29, 0.717) is 29.2 Å². The number of aromatic nitrogens is 5. The molecule has 5 aromatic rings. The fourth-order valence-corrected chi connectivity index (χ4v) is 6.21. The third kappa shape index (κ3) is 4.96. The predicted molar refractivity (Wildman–Crippen MR) is 162 cm³/mol. The molecular formula is C33H32N8O2. The second-order valence-corrected chi connectivity index (χ2v) is 11.8. The van der Waals surface area contributed by atoms with Crippen molar-refractivity contribution >= 4 is 11.3 Å². The lowest BCUT2D eigenvalue weighted by molar-refractivity contribution is -0.00876. The molecule has 2 bridgehead atoms. The van der Waals surface area contributed by atoms with Crippen molar-refractivity contribution in [1.82, 2.24) is 29.5 Å². The van der Waals surface area contributed by atoms with Gasteiger partial charge >= 0.3 is 0 Å². The number of piperidine rings is 1. The number of ether oxygens (including phenoxy) is 1. The normalized spacial score (nSPS) is 18.3. The first kappa shape index (κ1) is 27.0. The van der Waals surface area contributed by atoms with E-state index in [1.807, 2.05) is 36.8 Å². The molecule has 43 heavy (non-hydrogen) atoms. The van der Waals surface area contributed by atoms with Crippen LogP contribution in [0.15, 0.2) is 73.4 Å². The standard InChI is InChI=1S/C33H32N8O2/c1-33(2,42)29-7-5-22(14-35-29)24-10-28(32-25(12-34)16-38-41(32)18-24)23-6-8-30(36-15-23)39-19-26-11-27(20-39)40(26)17-21-4-9-31(43-3)37-13-21/h4-10,13-16,18,26-27,42H,11,17,19-20H2,1-3H3. The van der Waals surface area contributed by atoms with Crippen LogP contribution in [0.5, 0.6) is 5.88 Å². The smallest absolute Gasteiger partial charge is 0.212 e. The number of nitrogens with zero attached hydrogens (tertiary/aromatic N) is 8. The average molecular weight is 573 g/mol. The Bertz CT molecular complexity index is 1810. The summed E-state index contributed by atoms with van der Waals surface area (Å²) in [7, 11) is 1.63. The Morgan fingerprint density at radius 3 is 2.37 bits per heavy atom. The van der Waals surface area contributed by atoms with Crippen LogP contribution >= 0.6 is 0 Å². The molecule has 216 valence electrons. The first-order valence-electron chi connectivity index (χ1n) is 14.4. The van der Waals surface area contributed by atoms with E-state index in [1.165, 1.54) is 12.0 Å². The fraction of sp³-hybridized carbons (Fsp3) is 0.303. The number of fused-ring (bicyclic) bond motifs is 3. The van der Waals surface area contributed by atoms with Crippen LogP contribution in [0.1, 0.15) is 37.1 Å². The number of piperazine rings is 1. The molecule has 0 amide bonds. The SMILES string of the molecule is COc1ccc(CN2C3CC2CN(c2ccc(-c4cc(-c5ccc(C(C)(C)O)nc5)cn5ncc(C#N)c45)cn2)C3)cn1. The number of anilines is 1. The van der Waals surface area contributed by atoms with E-state index < -0.39 is 5.60 Å². The summed E-state index contributed by atoms with van der Waals surface area (Å²) in [4.78, 5) is 18.6. The zero-order valence-electron chi connectivity index (χ0n) is 24.3. The molecule has 10 nitrogen and oxygen atoms in total. The number of hydrogen-bond acceptors (Lipinski definition) is 9. The van der Waals surface area contributed by atoms with Gasteiger partial charge in [0, 0.05) is 84.8 Å². The summed E-state index contributed by atoms with van der Waals surface area (Å²) >= 11 is 0. The van der Waals surface area contributed by atoms with E-state index in [0.717, 1.165) is 53.2 Å². The highest BCUT2D eigenvalue weighted by Crippen LogP contribution is 2.37. The summed E-state index contributed by atoms with van der Waals surface area (Å²) in [6.07, 6.45) is 10.2. The van der Waals surface area contributed by atoms with E-state index >= 15 is 0 Å². The number of pyridine rings is 4. The molecular weight excluding hydrogens is 540 g/mol. The van der Waals surface area contributed by atoms with Gasteiger partial charge in [-0.05, 0) is 50.1 Å². The summed E-state index contributed by atoms with van der Waals surface area (Å²) in [6.45, 7) is 6.18. The molecule has 2 atom stereocenters. The summed E-state index contributed by atoms with van der Waals surface area (Å²) < 4.78 is 6.93. The molecule has 0 spiro atoms. The van der Waals surface area contributed by atoms with Crippen molar-refractivity contribution in [3.63, 3.8) is 0 Å². The highest BCUT2D eigenvalue weighted by atomic mass is 16.5. The Morgan fingerprint density at radius 1 is 0.953 bits per heavy atom. The van der Waals surface area contributed by atoms with Crippen LogP contribution in [0, 0.1) is 11.3 Å². The third-order valence-electron chi connectivity index (χ3n) is 8.56. The van der Waals surface area contributed by atoms with E-state index in [-0.39, 0.29) is 0 Å². The largest absolute Gasteiger partial charge is 0.481 e. The Labute approximate surface area is 249 Å². The minimum absolute atomic E-state index is 0.486. The molecule has 0 saturated carbocycles. The van der Waals surface area contributed by atoms with Gasteiger partial charge in [-0.2, -0.15) is 10.4 Å². The Hall–Kier alpha value is -4.85. The van der Waals surface area contributed by atoms with Crippen molar-refractivity contribution in [2.45, 2.75) is 44.5 Å². The van der Waals surface area contributed by atoms with Gasteiger partial charge in [0.1, 0.15) is 17.5 Å². The Balaban J connectivity index is 1.13. The summed E-state index contributed by atoms with van der Waals surface area (Å²) in [5, 5.41) is 24.6. The number of hydrogen-bond donors (Lipinski definition) is 1. The molecule has 2 unspecified atom stereocenters. The second-order valence-electron chi connectivity index (χ2n) is 11.8. The van der Waals surface area contributed by atoms with Crippen molar-refractivity contribution in [3.8, 4) is 34.2 Å². The molecule has 0 aliphatic carbocycles. The van der Waals surface area contributed by atoms with Crippen molar-refractivity contribution in [2.75, 3.05) is 25.1 Å². The summed E-state index contributed by atoms with van der Waals surface area (Å²) in [6, 6.07) is 17.2. The molecule has 10 heteroatoms. The van der Waals surface area contributed by atoms with Crippen LogP contribution in [0.2, 0.25) is 0 Å². The molecule has 3 aliphatic heterocycles. The maximum atomic E-state index is 10.3. The predicted octanol–water partition coefficient (Wildman–Crippen LogP) is 4.42. The second kappa shape index (κ2) is 10.5.